The van der Waals surface area contributed by atoms with Gasteiger partial charge in [-0.25, -0.2) is 13.8 Å². The molecule has 6 heteroatoms. The molecule has 1 aromatic heterocycles. The zero-order valence-corrected chi connectivity index (χ0v) is 13.5. The Morgan fingerprint density at radius 1 is 1.16 bits per heavy atom. The van der Waals surface area contributed by atoms with Crippen molar-refractivity contribution in [3.8, 4) is 11.3 Å². The molecule has 0 spiro atoms. The third-order valence-corrected chi connectivity index (χ3v) is 3.65. The Balaban J connectivity index is 1.64. The maximum absolute atomic E-state index is 13.2. The Hall–Kier alpha value is -3.02. The van der Waals surface area contributed by atoms with Gasteiger partial charge in [0.1, 0.15) is 17.7 Å². The second-order valence-corrected chi connectivity index (χ2v) is 5.67. The Morgan fingerprint density at radius 2 is 1.92 bits per heavy atom. The minimum atomic E-state index is -0.449. The summed E-state index contributed by atoms with van der Waals surface area (Å²) < 4.78 is 31.8. The van der Waals surface area contributed by atoms with Crippen LogP contribution in [-0.2, 0) is 11.2 Å². The van der Waals surface area contributed by atoms with Crippen molar-refractivity contribution in [1.82, 2.24) is 10.3 Å². The molecule has 3 rings (SSSR count). The van der Waals surface area contributed by atoms with E-state index in [1.54, 1.807) is 31.2 Å². The second-order valence-electron chi connectivity index (χ2n) is 5.67. The van der Waals surface area contributed by atoms with Crippen LogP contribution in [0, 0.1) is 11.6 Å². The van der Waals surface area contributed by atoms with Gasteiger partial charge in [0.25, 0.3) is 0 Å². The maximum Gasteiger partial charge on any atom is 0.225 e. The zero-order chi connectivity index (χ0) is 17.8. The molecular formula is C19H16F2N2O2. The normalized spacial score (nSPS) is 12.0. The van der Waals surface area contributed by atoms with Crippen LogP contribution in [-0.4, -0.2) is 10.9 Å². The summed E-state index contributed by atoms with van der Waals surface area (Å²) in [6.07, 6.45) is 1.59. The number of nitrogens with zero attached hydrogens (tertiary/aromatic N) is 1. The van der Waals surface area contributed by atoms with Crippen LogP contribution in [0.3, 0.4) is 0 Å². The number of rotatable bonds is 5. The highest BCUT2D eigenvalue weighted by Gasteiger charge is 2.16. The number of aromatic nitrogens is 1. The molecule has 0 fully saturated rings. The van der Waals surface area contributed by atoms with Crippen molar-refractivity contribution in [1.29, 1.82) is 0 Å². The summed E-state index contributed by atoms with van der Waals surface area (Å²) in [7, 11) is 0. The molecule has 25 heavy (non-hydrogen) atoms. The molecule has 1 amide bonds. The zero-order valence-electron chi connectivity index (χ0n) is 13.5. The van der Waals surface area contributed by atoms with E-state index in [9.17, 15) is 13.6 Å². The minimum Gasteiger partial charge on any atom is -0.438 e. The smallest absolute Gasteiger partial charge is 0.225 e. The molecule has 128 valence electrons. The first-order valence-corrected chi connectivity index (χ1v) is 7.77. The highest BCUT2D eigenvalue weighted by Crippen LogP contribution is 2.23. The molecule has 1 N–H and O–H groups in total. The predicted octanol–water partition coefficient (Wildman–Crippen LogP) is 4.04. The SMILES string of the molecule is CC(NC(=O)Cc1cccc(F)c1)c1ncc(-c2ccc(F)cc2)o1. The van der Waals surface area contributed by atoms with Crippen molar-refractivity contribution < 1.29 is 18.0 Å². The van der Waals surface area contributed by atoms with E-state index in [1.807, 2.05) is 0 Å². The van der Waals surface area contributed by atoms with Gasteiger partial charge in [0, 0.05) is 5.56 Å². The lowest BCUT2D eigenvalue weighted by molar-refractivity contribution is -0.121. The lowest BCUT2D eigenvalue weighted by atomic mass is 10.1. The summed E-state index contributed by atoms with van der Waals surface area (Å²) in [5, 5.41) is 2.76. The summed E-state index contributed by atoms with van der Waals surface area (Å²) in [5.41, 5.74) is 1.28. The number of carbonyl (C=O) groups excluding carboxylic acids is 1. The standard InChI is InChI=1S/C19H16F2N2O2/c1-12(23-18(24)10-13-3-2-4-16(21)9-13)19-22-11-17(25-19)14-5-7-15(20)8-6-14/h2-9,11-12H,10H2,1H3,(H,23,24). The largest absolute Gasteiger partial charge is 0.438 e. The number of benzene rings is 2. The van der Waals surface area contributed by atoms with Crippen LogP contribution < -0.4 is 5.32 Å². The highest BCUT2D eigenvalue weighted by molar-refractivity contribution is 5.78. The number of oxazole rings is 1. The average Bonchev–Trinajstić information content (AvgIpc) is 3.05. The molecule has 1 heterocycles. The van der Waals surface area contributed by atoms with Crippen molar-refractivity contribution in [3.05, 3.63) is 77.8 Å². The van der Waals surface area contributed by atoms with E-state index in [1.165, 1.54) is 30.5 Å². The number of hydrogen-bond donors (Lipinski definition) is 1. The van der Waals surface area contributed by atoms with E-state index in [2.05, 4.69) is 10.3 Å². The number of carbonyl (C=O) groups is 1. The summed E-state index contributed by atoms with van der Waals surface area (Å²) in [6, 6.07) is 11.3. The van der Waals surface area contributed by atoms with Gasteiger partial charge in [0.15, 0.2) is 5.76 Å². The molecule has 0 saturated carbocycles. The monoisotopic (exact) mass is 342 g/mol. The first kappa shape index (κ1) is 16.8. The maximum atomic E-state index is 13.2. The molecule has 0 saturated heterocycles. The second kappa shape index (κ2) is 7.25. The Morgan fingerprint density at radius 3 is 2.64 bits per heavy atom. The van der Waals surface area contributed by atoms with Crippen LogP contribution in [0.4, 0.5) is 8.78 Å². The Labute approximate surface area is 143 Å². The quantitative estimate of drug-likeness (QED) is 0.761. The van der Waals surface area contributed by atoms with E-state index in [4.69, 9.17) is 4.42 Å². The summed E-state index contributed by atoms with van der Waals surface area (Å²) in [6.45, 7) is 1.74. The van der Waals surface area contributed by atoms with Crippen LogP contribution >= 0.6 is 0 Å². The number of hydrogen-bond acceptors (Lipinski definition) is 3. The number of nitrogens with one attached hydrogen (secondary N) is 1. The van der Waals surface area contributed by atoms with Crippen molar-refractivity contribution in [2.24, 2.45) is 0 Å². The lowest BCUT2D eigenvalue weighted by Crippen LogP contribution is -2.28. The van der Waals surface area contributed by atoms with E-state index < -0.39 is 6.04 Å². The molecule has 0 aliphatic carbocycles. The Kier molecular flexibility index (Phi) is 4.88. The van der Waals surface area contributed by atoms with Gasteiger partial charge in [-0.1, -0.05) is 12.1 Å². The van der Waals surface area contributed by atoms with E-state index in [0.717, 1.165) is 0 Å². The Bertz CT molecular complexity index is 875. The van der Waals surface area contributed by atoms with Gasteiger partial charge in [0.2, 0.25) is 11.8 Å². The third kappa shape index (κ3) is 4.29. The summed E-state index contributed by atoms with van der Waals surface area (Å²) >= 11 is 0. The fourth-order valence-electron chi connectivity index (χ4n) is 2.42. The van der Waals surface area contributed by atoms with Gasteiger partial charge in [-0.05, 0) is 48.9 Å². The van der Waals surface area contributed by atoms with Crippen LogP contribution in [0.25, 0.3) is 11.3 Å². The predicted molar refractivity (Wildman–Crippen MR) is 88.6 cm³/mol. The van der Waals surface area contributed by atoms with Gasteiger partial charge in [-0.2, -0.15) is 0 Å². The molecule has 0 radical (unpaired) electrons. The third-order valence-electron chi connectivity index (χ3n) is 3.65. The van der Waals surface area contributed by atoms with Gasteiger partial charge >= 0.3 is 0 Å². The fourth-order valence-corrected chi connectivity index (χ4v) is 2.42. The number of halogens is 2. The van der Waals surface area contributed by atoms with Crippen molar-refractivity contribution in [3.63, 3.8) is 0 Å². The highest BCUT2D eigenvalue weighted by atomic mass is 19.1. The van der Waals surface area contributed by atoms with E-state index in [-0.39, 0.29) is 24.0 Å². The molecular weight excluding hydrogens is 326 g/mol. The summed E-state index contributed by atoms with van der Waals surface area (Å²) in [4.78, 5) is 16.2. The first-order valence-electron chi connectivity index (χ1n) is 7.77. The van der Waals surface area contributed by atoms with Crippen LogP contribution in [0.15, 0.2) is 59.1 Å². The lowest BCUT2D eigenvalue weighted by Gasteiger charge is -2.10. The van der Waals surface area contributed by atoms with E-state index in [0.29, 0.717) is 22.8 Å². The topological polar surface area (TPSA) is 55.1 Å². The summed E-state index contributed by atoms with van der Waals surface area (Å²) in [5.74, 6) is -0.149. The minimum absolute atomic E-state index is 0.0631. The van der Waals surface area contributed by atoms with Gasteiger partial charge in [-0.15, -0.1) is 0 Å². The van der Waals surface area contributed by atoms with Crippen molar-refractivity contribution >= 4 is 5.91 Å². The van der Waals surface area contributed by atoms with Gasteiger partial charge in [-0.3, -0.25) is 4.79 Å². The average molecular weight is 342 g/mol. The van der Waals surface area contributed by atoms with E-state index >= 15 is 0 Å². The van der Waals surface area contributed by atoms with Crippen LogP contribution in [0.5, 0.6) is 0 Å². The molecule has 0 bridgehead atoms. The molecule has 4 nitrogen and oxygen atoms in total. The molecule has 3 aromatic rings. The van der Waals surface area contributed by atoms with Gasteiger partial charge < -0.3 is 9.73 Å². The molecule has 1 atom stereocenters. The fraction of sp³-hybridized carbons (Fsp3) is 0.158. The van der Waals surface area contributed by atoms with Crippen LogP contribution in [0.2, 0.25) is 0 Å². The van der Waals surface area contributed by atoms with Gasteiger partial charge in [0.05, 0.1) is 12.6 Å². The van der Waals surface area contributed by atoms with Crippen molar-refractivity contribution in [2.45, 2.75) is 19.4 Å². The molecule has 0 aliphatic rings. The number of amides is 1. The molecule has 1 unspecified atom stereocenters. The molecule has 0 aliphatic heterocycles. The van der Waals surface area contributed by atoms with Crippen molar-refractivity contribution in [2.75, 3.05) is 0 Å². The first-order chi connectivity index (χ1) is 12.0. The van der Waals surface area contributed by atoms with Crippen LogP contribution in [0.1, 0.15) is 24.4 Å². The molecule has 2 aromatic carbocycles.